The molecule has 102 valence electrons. The van der Waals surface area contributed by atoms with Gasteiger partial charge in [-0.2, -0.15) is 0 Å². The van der Waals surface area contributed by atoms with Gasteiger partial charge in [0.1, 0.15) is 5.82 Å². The highest BCUT2D eigenvalue weighted by Gasteiger charge is 2.15. The molecule has 2 rings (SSSR count). The lowest BCUT2D eigenvalue weighted by molar-refractivity contribution is 0.0697. The van der Waals surface area contributed by atoms with Gasteiger partial charge in [-0.1, -0.05) is 17.7 Å². The second-order valence-electron chi connectivity index (χ2n) is 4.05. The Morgan fingerprint density at radius 3 is 2.40 bits per heavy atom. The minimum Gasteiger partial charge on any atom is -0.478 e. The summed E-state index contributed by atoms with van der Waals surface area (Å²) in [5.41, 5.74) is 5.64. The molecule has 20 heavy (non-hydrogen) atoms. The summed E-state index contributed by atoms with van der Waals surface area (Å²) in [6.45, 7) is 0. The fourth-order valence-electron chi connectivity index (χ4n) is 1.82. The van der Waals surface area contributed by atoms with Gasteiger partial charge in [0.25, 0.3) is 0 Å². The van der Waals surface area contributed by atoms with Crippen molar-refractivity contribution >= 4 is 23.5 Å². The molecule has 0 saturated heterocycles. The minimum absolute atomic E-state index is 0.0461. The third kappa shape index (κ3) is 2.62. The molecule has 0 saturated carbocycles. The first-order valence-electron chi connectivity index (χ1n) is 5.52. The van der Waals surface area contributed by atoms with Gasteiger partial charge >= 0.3 is 5.97 Å². The predicted molar refractivity (Wildman–Crippen MR) is 72.3 cm³/mol. The average molecular weight is 294 g/mol. The lowest BCUT2D eigenvalue weighted by atomic mass is 9.97. The van der Waals surface area contributed by atoms with Crippen molar-refractivity contribution < 1.29 is 19.1 Å². The molecule has 6 heteroatoms. The van der Waals surface area contributed by atoms with E-state index < -0.39 is 17.7 Å². The quantitative estimate of drug-likeness (QED) is 0.913. The van der Waals surface area contributed by atoms with Crippen LogP contribution in [0.15, 0.2) is 36.4 Å². The molecule has 0 aromatic heterocycles. The first-order chi connectivity index (χ1) is 9.40. The average Bonchev–Trinajstić information content (AvgIpc) is 2.38. The Hall–Kier alpha value is -2.40. The van der Waals surface area contributed by atoms with Gasteiger partial charge in [-0.15, -0.1) is 0 Å². The zero-order chi connectivity index (χ0) is 14.9. The van der Waals surface area contributed by atoms with E-state index in [1.165, 1.54) is 18.2 Å². The number of aromatic carboxylic acids is 1. The van der Waals surface area contributed by atoms with Crippen molar-refractivity contribution in [1.82, 2.24) is 0 Å². The Morgan fingerprint density at radius 2 is 1.80 bits per heavy atom. The Labute approximate surface area is 118 Å². The van der Waals surface area contributed by atoms with E-state index in [-0.39, 0.29) is 21.7 Å². The van der Waals surface area contributed by atoms with Crippen LogP contribution >= 0.6 is 11.6 Å². The SMILES string of the molecule is NC(=O)c1cc(-c2cc(F)ccc2C(=O)O)ccc1Cl. The van der Waals surface area contributed by atoms with E-state index in [0.717, 1.165) is 18.2 Å². The molecule has 0 radical (unpaired) electrons. The third-order valence-corrected chi connectivity index (χ3v) is 3.08. The summed E-state index contributed by atoms with van der Waals surface area (Å²) < 4.78 is 13.3. The van der Waals surface area contributed by atoms with Crippen molar-refractivity contribution in [1.29, 1.82) is 0 Å². The molecule has 0 heterocycles. The van der Waals surface area contributed by atoms with Crippen LogP contribution in [0, 0.1) is 5.82 Å². The number of carbonyl (C=O) groups excluding carboxylic acids is 1. The molecule has 2 aromatic carbocycles. The van der Waals surface area contributed by atoms with Gasteiger partial charge in [0, 0.05) is 0 Å². The number of carboxylic acids is 1. The molecule has 0 spiro atoms. The largest absolute Gasteiger partial charge is 0.478 e. The molecule has 4 nitrogen and oxygen atoms in total. The third-order valence-electron chi connectivity index (χ3n) is 2.75. The summed E-state index contributed by atoms with van der Waals surface area (Å²) in [5.74, 6) is -2.53. The zero-order valence-electron chi connectivity index (χ0n) is 10.1. The van der Waals surface area contributed by atoms with Crippen molar-refractivity contribution in [2.45, 2.75) is 0 Å². The van der Waals surface area contributed by atoms with Gasteiger partial charge in [0.15, 0.2) is 0 Å². The Morgan fingerprint density at radius 1 is 1.10 bits per heavy atom. The smallest absolute Gasteiger partial charge is 0.336 e. The summed E-state index contributed by atoms with van der Waals surface area (Å²) in [7, 11) is 0. The molecule has 0 unspecified atom stereocenters. The number of halogens is 2. The molecular formula is C14H9ClFNO3. The molecule has 0 bridgehead atoms. The van der Waals surface area contributed by atoms with Gasteiger partial charge in [-0.25, -0.2) is 9.18 Å². The van der Waals surface area contributed by atoms with Crippen molar-refractivity contribution in [3.8, 4) is 11.1 Å². The summed E-state index contributed by atoms with van der Waals surface area (Å²) in [6, 6.07) is 7.54. The summed E-state index contributed by atoms with van der Waals surface area (Å²) >= 11 is 5.82. The molecule has 1 amide bonds. The standard InChI is InChI=1S/C14H9ClFNO3/c15-12-4-1-7(5-11(12)13(17)18)10-6-8(16)2-3-9(10)14(19)20/h1-6H,(H2,17,18)(H,19,20). The molecule has 0 aliphatic rings. The van der Waals surface area contributed by atoms with Crippen LogP contribution in [0.25, 0.3) is 11.1 Å². The lowest BCUT2D eigenvalue weighted by Crippen LogP contribution is -2.11. The molecule has 0 aliphatic heterocycles. The monoisotopic (exact) mass is 293 g/mol. The highest BCUT2D eigenvalue weighted by Crippen LogP contribution is 2.28. The second kappa shape index (κ2) is 5.30. The van der Waals surface area contributed by atoms with E-state index >= 15 is 0 Å². The Balaban J connectivity index is 2.68. The van der Waals surface area contributed by atoms with Gasteiger partial charge in [0.2, 0.25) is 5.91 Å². The summed E-state index contributed by atoms with van der Waals surface area (Å²) in [4.78, 5) is 22.4. The van der Waals surface area contributed by atoms with Crippen LogP contribution in [0.2, 0.25) is 5.02 Å². The van der Waals surface area contributed by atoms with Crippen LogP contribution in [0.1, 0.15) is 20.7 Å². The van der Waals surface area contributed by atoms with Crippen LogP contribution in [0.3, 0.4) is 0 Å². The predicted octanol–water partition coefficient (Wildman–Crippen LogP) is 2.94. The first-order valence-corrected chi connectivity index (χ1v) is 5.90. The summed E-state index contributed by atoms with van der Waals surface area (Å²) in [5, 5.41) is 9.26. The number of amides is 1. The fourth-order valence-corrected chi connectivity index (χ4v) is 2.03. The Bertz CT molecular complexity index is 716. The molecule has 3 N–H and O–H groups in total. The number of rotatable bonds is 3. The minimum atomic E-state index is -1.20. The molecule has 0 atom stereocenters. The number of primary amides is 1. The topological polar surface area (TPSA) is 80.4 Å². The van der Waals surface area contributed by atoms with Crippen molar-refractivity contribution in [2.75, 3.05) is 0 Å². The first kappa shape index (κ1) is 14.0. The lowest BCUT2D eigenvalue weighted by Gasteiger charge is -2.09. The summed E-state index contributed by atoms with van der Waals surface area (Å²) in [6.07, 6.45) is 0. The van der Waals surface area contributed by atoms with Crippen molar-refractivity contribution in [3.63, 3.8) is 0 Å². The maximum atomic E-state index is 13.3. The van der Waals surface area contributed by atoms with E-state index in [1.54, 1.807) is 0 Å². The highest BCUT2D eigenvalue weighted by atomic mass is 35.5. The van der Waals surface area contributed by atoms with E-state index in [9.17, 15) is 14.0 Å². The van der Waals surface area contributed by atoms with E-state index in [1.807, 2.05) is 0 Å². The normalized spacial score (nSPS) is 10.3. The zero-order valence-corrected chi connectivity index (χ0v) is 10.8. The van der Waals surface area contributed by atoms with Crippen molar-refractivity contribution in [2.24, 2.45) is 5.73 Å². The van der Waals surface area contributed by atoms with Crippen LogP contribution in [-0.4, -0.2) is 17.0 Å². The number of nitrogens with two attached hydrogens (primary N) is 1. The van der Waals surface area contributed by atoms with Crippen molar-refractivity contribution in [3.05, 3.63) is 58.4 Å². The highest BCUT2D eigenvalue weighted by molar-refractivity contribution is 6.33. The molecule has 2 aromatic rings. The van der Waals surface area contributed by atoms with E-state index in [4.69, 9.17) is 22.4 Å². The maximum absolute atomic E-state index is 13.3. The van der Waals surface area contributed by atoms with Crippen LogP contribution in [0.5, 0.6) is 0 Å². The van der Waals surface area contributed by atoms with Gasteiger partial charge in [-0.05, 0) is 41.5 Å². The Kier molecular flexibility index (Phi) is 3.72. The van der Waals surface area contributed by atoms with Crippen LogP contribution in [0.4, 0.5) is 4.39 Å². The molecular weight excluding hydrogens is 285 g/mol. The second-order valence-corrected chi connectivity index (χ2v) is 4.46. The van der Waals surface area contributed by atoms with Gasteiger partial charge < -0.3 is 10.8 Å². The maximum Gasteiger partial charge on any atom is 0.336 e. The number of hydrogen-bond acceptors (Lipinski definition) is 2. The number of carbonyl (C=O) groups is 2. The molecule has 0 fully saturated rings. The van der Waals surface area contributed by atoms with Gasteiger partial charge in [-0.3, -0.25) is 4.79 Å². The van der Waals surface area contributed by atoms with E-state index in [2.05, 4.69) is 0 Å². The number of hydrogen-bond donors (Lipinski definition) is 2. The van der Waals surface area contributed by atoms with E-state index in [0.29, 0.717) is 5.56 Å². The van der Waals surface area contributed by atoms with Crippen LogP contribution < -0.4 is 5.73 Å². The number of benzene rings is 2. The van der Waals surface area contributed by atoms with Gasteiger partial charge in [0.05, 0.1) is 16.1 Å². The number of carboxylic acid groups (broad SMARTS) is 1. The molecule has 0 aliphatic carbocycles. The van der Waals surface area contributed by atoms with Crippen LogP contribution in [-0.2, 0) is 0 Å². The fraction of sp³-hybridized carbons (Fsp3) is 0.